The Morgan fingerprint density at radius 2 is 1.74 bits per heavy atom. The second kappa shape index (κ2) is 10.0. The molecule has 0 atom stereocenters. The number of hydrogen-bond acceptors (Lipinski definition) is 5. The number of benzene rings is 2. The van der Waals surface area contributed by atoms with Crippen molar-refractivity contribution in [2.75, 3.05) is 29.6 Å². The van der Waals surface area contributed by atoms with Gasteiger partial charge in [0.1, 0.15) is 19.0 Å². The monoisotopic (exact) mass is 444 g/mol. The van der Waals surface area contributed by atoms with Gasteiger partial charge >= 0.3 is 0 Å². The van der Waals surface area contributed by atoms with Gasteiger partial charge in [0.05, 0.1) is 11.4 Å². The molecule has 0 bridgehead atoms. The second-order valence-electron chi connectivity index (χ2n) is 7.66. The van der Waals surface area contributed by atoms with E-state index in [0.29, 0.717) is 30.4 Å². The van der Waals surface area contributed by atoms with Crippen LogP contribution in [0.2, 0.25) is 0 Å². The molecule has 0 saturated heterocycles. The van der Waals surface area contributed by atoms with Crippen LogP contribution in [0.4, 0.5) is 15.8 Å². The molecule has 4 rings (SSSR count). The standard InChI is InChI=1S/C23H25FN2O4S/c24-18-8-6-16(12-19(18)26-23(28)15-4-2-1-3-5-15)25-22(27)14-31-17-7-9-20-21(13-17)30-11-10-29-20/h6-9,12-13,15H,1-5,10-11,14H2,(H,25,27)(H,26,28). The first-order valence-corrected chi connectivity index (χ1v) is 11.5. The lowest BCUT2D eigenvalue weighted by atomic mass is 9.88. The number of hydrogen-bond donors (Lipinski definition) is 2. The topological polar surface area (TPSA) is 76.7 Å². The number of halogens is 1. The van der Waals surface area contributed by atoms with Crippen LogP contribution in [0, 0.1) is 11.7 Å². The van der Waals surface area contributed by atoms with Crippen LogP contribution in [0.3, 0.4) is 0 Å². The number of anilines is 2. The van der Waals surface area contributed by atoms with Crippen molar-refractivity contribution in [1.29, 1.82) is 0 Å². The molecule has 2 aromatic carbocycles. The highest BCUT2D eigenvalue weighted by molar-refractivity contribution is 8.00. The first-order chi connectivity index (χ1) is 15.1. The average Bonchev–Trinajstić information content (AvgIpc) is 2.80. The molecule has 1 fully saturated rings. The molecule has 2 aliphatic rings. The van der Waals surface area contributed by atoms with Crippen molar-refractivity contribution >= 4 is 35.0 Å². The van der Waals surface area contributed by atoms with Crippen LogP contribution < -0.4 is 20.1 Å². The maximum atomic E-state index is 14.2. The van der Waals surface area contributed by atoms with Crippen LogP contribution in [-0.4, -0.2) is 30.8 Å². The van der Waals surface area contributed by atoms with Crippen molar-refractivity contribution in [1.82, 2.24) is 0 Å². The fourth-order valence-corrected chi connectivity index (χ4v) is 4.48. The molecule has 2 amide bonds. The lowest BCUT2D eigenvalue weighted by Gasteiger charge is -2.21. The highest BCUT2D eigenvalue weighted by atomic mass is 32.2. The summed E-state index contributed by atoms with van der Waals surface area (Å²) in [5.74, 6) is 0.581. The first kappa shape index (κ1) is 21.5. The Hall–Kier alpha value is -2.74. The van der Waals surface area contributed by atoms with E-state index in [2.05, 4.69) is 10.6 Å². The zero-order valence-electron chi connectivity index (χ0n) is 17.1. The molecular formula is C23H25FN2O4S. The first-order valence-electron chi connectivity index (χ1n) is 10.5. The number of fused-ring (bicyclic) bond motifs is 1. The van der Waals surface area contributed by atoms with Crippen molar-refractivity contribution < 1.29 is 23.5 Å². The number of rotatable bonds is 6. The lowest BCUT2D eigenvalue weighted by molar-refractivity contribution is -0.120. The number of amides is 2. The van der Waals surface area contributed by atoms with Gasteiger partial charge < -0.3 is 20.1 Å². The molecule has 6 nitrogen and oxygen atoms in total. The lowest BCUT2D eigenvalue weighted by Crippen LogP contribution is -2.25. The Balaban J connectivity index is 1.32. The predicted molar refractivity (Wildman–Crippen MR) is 118 cm³/mol. The number of carbonyl (C=O) groups excluding carboxylic acids is 2. The molecule has 0 spiro atoms. The Kier molecular flexibility index (Phi) is 6.96. The van der Waals surface area contributed by atoms with E-state index in [9.17, 15) is 14.0 Å². The summed E-state index contributed by atoms with van der Waals surface area (Å²) in [4.78, 5) is 25.7. The van der Waals surface area contributed by atoms with Crippen LogP contribution in [0.15, 0.2) is 41.3 Å². The molecule has 31 heavy (non-hydrogen) atoms. The molecule has 1 aliphatic heterocycles. The zero-order chi connectivity index (χ0) is 21.6. The van der Waals surface area contributed by atoms with Gasteiger partial charge in [0.25, 0.3) is 0 Å². The fourth-order valence-electron chi connectivity index (χ4n) is 3.76. The smallest absolute Gasteiger partial charge is 0.234 e. The Morgan fingerprint density at radius 1 is 0.968 bits per heavy atom. The van der Waals surface area contributed by atoms with E-state index >= 15 is 0 Å². The second-order valence-corrected chi connectivity index (χ2v) is 8.71. The van der Waals surface area contributed by atoms with Crippen LogP contribution in [0.1, 0.15) is 32.1 Å². The fraction of sp³-hybridized carbons (Fsp3) is 0.391. The van der Waals surface area contributed by atoms with Gasteiger partial charge in [-0.3, -0.25) is 9.59 Å². The van der Waals surface area contributed by atoms with Crippen LogP contribution in [0.5, 0.6) is 11.5 Å². The minimum atomic E-state index is -0.521. The van der Waals surface area contributed by atoms with Crippen molar-refractivity contribution in [2.45, 2.75) is 37.0 Å². The van der Waals surface area contributed by atoms with E-state index in [1.165, 1.54) is 30.0 Å². The summed E-state index contributed by atoms with van der Waals surface area (Å²) in [6.07, 6.45) is 4.86. The Bertz CT molecular complexity index is 963. The number of nitrogens with one attached hydrogen (secondary N) is 2. The summed E-state index contributed by atoms with van der Waals surface area (Å²) in [5.41, 5.74) is 0.529. The van der Waals surface area contributed by atoms with Crippen LogP contribution >= 0.6 is 11.8 Å². The van der Waals surface area contributed by atoms with Crippen LogP contribution in [-0.2, 0) is 9.59 Å². The van der Waals surface area contributed by atoms with Crippen molar-refractivity contribution in [2.24, 2.45) is 5.92 Å². The molecular weight excluding hydrogens is 419 g/mol. The molecule has 8 heteroatoms. The van der Waals surface area contributed by atoms with Gasteiger partial charge in [-0.2, -0.15) is 0 Å². The van der Waals surface area contributed by atoms with Gasteiger partial charge in [0.15, 0.2) is 11.5 Å². The van der Waals surface area contributed by atoms with E-state index in [1.807, 2.05) is 18.2 Å². The Morgan fingerprint density at radius 3 is 2.55 bits per heavy atom. The number of thioether (sulfide) groups is 1. The molecule has 0 unspecified atom stereocenters. The maximum absolute atomic E-state index is 14.2. The van der Waals surface area contributed by atoms with Crippen molar-refractivity contribution in [3.05, 3.63) is 42.2 Å². The minimum absolute atomic E-state index is 0.0752. The third-order valence-electron chi connectivity index (χ3n) is 5.37. The molecule has 2 aromatic rings. The van der Waals surface area contributed by atoms with Crippen molar-refractivity contribution in [3.8, 4) is 11.5 Å². The minimum Gasteiger partial charge on any atom is -0.486 e. The SMILES string of the molecule is O=C(CSc1ccc2c(c1)OCCO2)Nc1ccc(F)c(NC(=O)C2CCCCC2)c1. The summed E-state index contributed by atoms with van der Waals surface area (Å²) in [5, 5.41) is 5.45. The normalized spacial score (nSPS) is 15.9. The van der Waals surface area contributed by atoms with E-state index in [-0.39, 0.29) is 29.2 Å². The molecule has 1 saturated carbocycles. The van der Waals surface area contributed by atoms with E-state index in [4.69, 9.17) is 9.47 Å². The Labute approximate surface area is 184 Å². The summed E-state index contributed by atoms with van der Waals surface area (Å²) in [6.45, 7) is 1.04. The predicted octanol–water partition coefficient (Wildman–Crippen LogP) is 4.85. The average molecular weight is 445 g/mol. The van der Waals surface area contributed by atoms with Crippen molar-refractivity contribution in [3.63, 3.8) is 0 Å². The zero-order valence-corrected chi connectivity index (χ0v) is 17.9. The van der Waals surface area contributed by atoms with Gasteiger partial charge in [0, 0.05) is 16.5 Å². The largest absolute Gasteiger partial charge is 0.486 e. The summed E-state index contributed by atoms with van der Waals surface area (Å²) >= 11 is 1.37. The molecule has 1 aliphatic carbocycles. The van der Waals surface area contributed by atoms with E-state index < -0.39 is 5.82 Å². The van der Waals surface area contributed by atoms with Gasteiger partial charge in [-0.1, -0.05) is 19.3 Å². The summed E-state index contributed by atoms with van der Waals surface area (Å²) in [6, 6.07) is 9.75. The third kappa shape index (κ3) is 5.70. The molecule has 164 valence electrons. The molecule has 2 N–H and O–H groups in total. The van der Waals surface area contributed by atoms with Gasteiger partial charge in [0.2, 0.25) is 11.8 Å². The van der Waals surface area contributed by atoms with Gasteiger partial charge in [-0.15, -0.1) is 11.8 Å². The van der Waals surface area contributed by atoms with E-state index in [1.54, 1.807) is 0 Å². The number of ether oxygens (including phenoxy) is 2. The van der Waals surface area contributed by atoms with E-state index in [0.717, 1.165) is 37.0 Å². The van der Waals surface area contributed by atoms with Gasteiger partial charge in [-0.25, -0.2) is 4.39 Å². The highest BCUT2D eigenvalue weighted by Gasteiger charge is 2.22. The highest BCUT2D eigenvalue weighted by Crippen LogP contribution is 2.34. The number of carbonyl (C=O) groups is 2. The quantitative estimate of drug-likeness (QED) is 0.623. The summed E-state index contributed by atoms with van der Waals surface area (Å²) in [7, 11) is 0. The van der Waals surface area contributed by atoms with Gasteiger partial charge in [-0.05, 0) is 49.2 Å². The molecule has 1 heterocycles. The molecule has 0 aromatic heterocycles. The van der Waals surface area contributed by atoms with Crippen LogP contribution in [0.25, 0.3) is 0 Å². The molecule has 0 radical (unpaired) electrons. The maximum Gasteiger partial charge on any atom is 0.234 e. The summed E-state index contributed by atoms with van der Waals surface area (Å²) < 4.78 is 25.2. The third-order valence-corrected chi connectivity index (χ3v) is 6.36.